The number of rotatable bonds is 3. The second kappa shape index (κ2) is 6.17. The van der Waals surface area contributed by atoms with Gasteiger partial charge in [-0.25, -0.2) is 4.98 Å². The van der Waals surface area contributed by atoms with Crippen LogP contribution in [0.4, 0.5) is 10.8 Å². The van der Waals surface area contributed by atoms with Gasteiger partial charge in [0.2, 0.25) is 6.79 Å². The van der Waals surface area contributed by atoms with Gasteiger partial charge < -0.3 is 19.7 Å². The van der Waals surface area contributed by atoms with Gasteiger partial charge in [0.1, 0.15) is 0 Å². The van der Waals surface area contributed by atoms with E-state index in [1.807, 2.05) is 18.2 Å². The van der Waals surface area contributed by atoms with Gasteiger partial charge in [0.25, 0.3) is 5.91 Å². The number of hydrogen-bond acceptors (Lipinski definition) is 6. The molecule has 7 heteroatoms. The van der Waals surface area contributed by atoms with Crippen LogP contribution in [0.25, 0.3) is 10.2 Å². The molecule has 1 fully saturated rings. The summed E-state index contributed by atoms with van der Waals surface area (Å²) in [4.78, 5) is 19.7. The lowest BCUT2D eigenvalue weighted by molar-refractivity contribution is 0.102. The zero-order valence-corrected chi connectivity index (χ0v) is 14.8. The van der Waals surface area contributed by atoms with Crippen LogP contribution in [0.15, 0.2) is 36.4 Å². The molecule has 2 aliphatic rings. The molecule has 1 N–H and O–H groups in total. The van der Waals surface area contributed by atoms with Gasteiger partial charge in [0.05, 0.1) is 15.8 Å². The summed E-state index contributed by atoms with van der Waals surface area (Å²) in [5.74, 6) is 0.891. The molecule has 3 aromatic rings. The largest absolute Gasteiger partial charge is 0.454 e. The molecule has 5 rings (SSSR count). The highest BCUT2D eigenvalue weighted by Crippen LogP contribution is 2.36. The van der Waals surface area contributed by atoms with Crippen LogP contribution in [0, 0.1) is 0 Å². The molecule has 0 unspecified atom stereocenters. The topological polar surface area (TPSA) is 63.7 Å². The molecule has 26 heavy (non-hydrogen) atoms. The van der Waals surface area contributed by atoms with E-state index in [4.69, 9.17) is 14.5 Å². The van der Waals surface area contributed by atoms with Gasteiger partial charge in [0.15, 0.2) is 16.6 Å². The van der Waals surface area contributed by atoms with E-state index in [0.717, 1.165) is 34.1 Å². The van der Waals surface area contributed by atoms with Crippen molar-refractivity contribution in [1.29, 1.82) is 0 Å². The minimum absolute atomic E-state index is 0.145. The van der Waals surface area contributed by atoms with Gasteiger partial charge in [0, 0.05) is 18.8 Å². The second-order valence-corrected chi connectivity index (χ2v) is 7.38. The molecule has 0 atom stereocenters. The van der Waals surface area contributed by atoms with Crippen LogP contribution >= 0.6 is 11.3 Å². The lowest BCUT2D eigenvalue weighted by atomic mass is 10.1. The molecular weight excluding hydrogens is 350 g/mol. The Balaban J connectivity index is 1.41. The Bertz CT molecular complexity index is 995. The third-order valence-corrected chi connectivity index (χ3v) is 5.73. The molecule has 1 aromatic heterocycles. The first-order valence-electron chi connectivity index (χ1n) is 8.63. The Hall–Kier alpha value is -2.80. The monoisotopic (exact) mass is 367 g/mol. The summed E-state index contributed by atoms with van der Waals surface area (Å²) < 4.78 is 11.8. The highest BCUT2D eigenvalue weighted by Gasteiger charge is 2.22. The lowest BCUT2D eigenvalue weighted by Crippen LogP contribution is -2.16. The van der Waals surface area contributed by atoms with Crippen molar-refractivity contribution < 1.29 is 14.3 Å². The first-order valence-corrected chi connectivity index (χ1v) is 9.45. The van der Waals surface area contributed by atoms with Crippen LogP contribution < -0.4 is 19.7 Å². The van der Waals surface area contributed by atoms with E-state index in [0.29, 0.717) is 17.1 Å². The van der Waals surface area contributed by atoms with Gasteiger partial charge in [-0.05, 0) is 43.2 Å². The van der Waals surface area contributed by atoms with Gasteiger partial charge in [-0.3, -0.25) is 4.79 Å². The van der Waals surface area contributed by atoms with E-state index in [1.54, 1.807) is 29.5 Å². The van der Waals surface area contributed by atoms with Crippen molar-refractivity contribution >= 4 is 38.3 Å². The summed E-state index contributed by atoms with van der Waals surface area (Å²) in [6.07, 6.45) is 2.45. The predicted octanol–water partition coefficient (Wildman–Crippen LogP) is 3.88. The maximum absolute atomic E-state index is 12.7. The molecule has 1 amide bonds. The molecule has 6 nitrogen and oxygen atoms in total. The van der Waals surface area contributed by atoms with E-state index in [2.05, 4.69) is 10.2 Å². The number of nitrogens with one attached hydrogen (secondary N) is 1. The Morgan fingerprint density at radius 2 is 2.04 bits per heavy atom. The van der Waals surface area contributed by atoms with Crippen molar-refractivity contribution in [2.75, 3.05) is 30.1 Å². The summed E-state index contributed by atoms with van der Waals surface area (Å²) in [5.41, 5.74) is 2.19. The fourth-order valence-electron chi connectivity index (χ4n) is 3.34. The van der Waals surface area contributed by atoms with E-state index >= 15 is 0 Å². The van der Waals surface area contributed by atoms with Gasteiger partial charge >= 0.3 is 0 Å². The molecule has 0 bridgehead atoms. The van der Waals surface area contributed by atoms with Crippen LogP contribution in [-0.4, -0.2) is 30.8 Å². The molecule has 0 saturated carbocycles. The maximum Gasteiger partial charge on any atom is 0.259 e. The number of carbonyl (C=O) groups excluding carboxylic acids is 1. The van der Waals surface area contributed by atoms with Gasteiger partial charge in [-0.2, -0.15) is 0 Å². The van der Waals surface area contributed by atoms with E-state index < -0.39 is 0 Å². The van der Waals surface area contributed by atoms with Gasteiger partial charge in [-0.1, -0.05) is 17.4 Å². The predicted molar refractivity (Wildman–Crippen MR) is 102 cm³/mol. The number of aromatic nitrogens is 1. The van der Waals surface area contributed by atoms with Crippen molar-refractivity contribution in [2.24, 2.45) is 0 Å². The van der Waals surface area contributed by atoms with Crippen molar-refractivity contribution in [1.82, 2.24) is 4.98 Å². The second-order valence-electron chi connectivity index (χ2n) is 6.37. The number of para-hydroxylation sites is 1. The number of nitrogens with zero attached hydrogens (tertiary/aromatic N) is 2. The van der Waals surface area contributed by atoms with E-state index in [9.17, 15) is 4.79 Å². The maximum atomic E-state index is 12.7. The number of hydrogen-bond donors (Lipinski definition) is 1. The summed E-state index contributed by atoms with van der Waals surface area (Å²) in [7, 11) is 0. The molecule has 1 saturated heterocycles. The minimum Gasteiger partial charge on any atom is -0.454 e. The Kier molecular flexibility index (Phi) is 3.67. The molecule has 0 aliphatic carbocycles. The highest BCUT2D eigenvalue weighted by molar-refractivity contribution is 7.22. The summed E-state index contributed by atoms with van der Waals surface area (Å²) in [6.45, 7) is 2.29. The van der Waals surface area contributed by atoms with Gasteiger partial charge in [-0.15, -0.1) is 0 Å². The summed E-state index contributed by atoms with van der Waals surface area (Å²) in [5, 5.41) is 4.01. The molecule has 2 aliphatic heterocycles. The highest BCUT2D eigenvalue weighted by atomic mass is 32.1. The Labute approximate surface area is 154 Å². The van der Waals surface area contributed by atoms with Crippen molar-refractivity contribution in [2.45, 2.75) is 12.8 Å². The average Bonchev–Trinajstić information content (AvgIpc) is 3.39. The normalized spacial score (nSPS) is 15.6. The molecule has 0 radical (unpaired) electrons. The molecular formula is C19H17N3O3S. The van der Waals surface area contributed by atoms with Crippen molar-refractivity contribution in [3.63, 3.8) is 0 Å². The summed E-state index contributed by atoms with van der Waals surface area (Å²) >= 11 is 1.67. The smallest absolute Gasteiger partial charge is 0.259 e. The average molecular weight is 367 g/mol. The standard InChI is InChI=1S/C19H17N3O3S/c23-18(13-4-3-5-15-17(13)25-11-24-15)20-12-6-7-14-16(10-12)26-19(21-14)22-8-1-2-9-22/h3-7,10H,1-2,8-9,11H2,(H,20,23). The zero-order valence-electron chi connectivity index (χ0n) is 14.0. The SMILES string of the molecule is O=C(Nc1ccc2nc(N3CCCC3)sc2c1)c1cccc2c1OCO2. The quantitative estimate of drug-likeness (QED) is 0.761. The van der Waals surface area contributed by atoms with Crippen LogP contribution in [0.3, 0.4) is 0 Å². The molecule has 3 heterocycles. The first-order chi connectivity index (χ1) is 12.8. The van der Waals surface area contributed by atoms with Crippen molar-refractivity contribution in [3.8, 4) is 11.5 Å². The van der Waals surface area contributed by atoms with E-state index in [-0.39, 0.29) is 12.7 Å². The number of amides is 1. The fraction of sp³-hybridized carbons (Fsp3) is 0.263. The summed E-state index contributed by atoms with van der Waals surface area (Å²) in [6, 6.07) is 11.1. The number of thiazole rings is 1. The van der Waals surface area contributed by atoms with Crippen LogP contribution in [0.1, 0.15) is 23.2 Å². The number of fused-ring (bicyclic) bond motifs is 2. The Morgan fingerprint density at radius 1 is 1.15 bits per heavy atom. The first kappa shape index (κ1) is 15.5. The number of carbonyl (C=O) groups is 1. The lowest BCUT2D eigenvalue weighted by Gasteiger charge is -2.11. The van der Waals surface area contributed by atoms with Crippen LogP contribution in [-0.2, 0) is 0 Å². The van der Waals surface area contributed by atoms with Crippen molar-refractivity contribution in [3.05, 3.63) is 42.0 Å². The molecule has 132 valence electrons. The number of ether oxygens (including phenoxy) is 2. The molecule has 0 spiro atoms. The number of benzene rings is 2. The molecule has 2 aromatic carbocycles. The third-order valence-electron chi connectivity index (χ3n) is 4.65. The van der Waals surface area contributed by atoms with E-state index in [1.165, 1.54) is 12.8 Å². The third kappa shape index (κ3) is 2.64. The minimum atomic E-state index is -0.212. The number of anilines is 2. The van der Waals surface area contributed by atoms with Crippen LogP contribution in [0.5, 0.6) is 11.5 Å². The fourth-order valence-corrected chi connectivity index (χ4v) is 4.40. The Morgan fingerprint density at radius 3 is 2.92 bits per heavy atom. The zero-order chi connectivity index (χ0) is 17.5. The van der Waals surface area contributed by atoms with Crippen LogP contribution in [0.2, 0.25) is 0 Å².